The lowest BCUT2D eigenvalue weighted by molar-refractivity contribution is 0.102. The van der Waals surface area contributed by atoms with E-state index in [1.54, 1.807) is 56.8 Å². The molecule has 4 rings (SSSR count). The van der Waals surface area contributed by atoms with Gasteiger partial charge >= 0.3 is 0 Å². The molecule has 0 fully saturated rings. The molecule has 150 valence electrons. The molecule has 0 spiro atoms. The first-order valence-electron chi connectivity index (χ1n) is 8.94. The lowest BCUT2D eigenvalue weighted by Gasteiger charge is -2.09. The van der Waals surface area contributed by atoms with Crippen LogP contribution in [0, 0.1) is 6.92 Å². The van der Waals surface area contributed by atoms with Crippen LogP contribution in [0.5, 0.6) is 11.5 Å². The van der Waals surface area contributed by atoms with Crippen molar-refractivity contribution in [1.82, 2.24) is 29.7 Å². The predicted molar refractivity (Wildman–Crippen MR) is 108 cm³/mol. The topological polar surface area (TPSA) is 128 Å². The Morgan fingerprint density at radius 3 is 2.70 bits per heavy atom. The van der Waals surface area contributed by atoms with Gasteiger partial charge in [0.2, 0.25) is 0 Å². The van der Waals surface area contributed by atoms with E-state index < -0.39 is 11.5 Å². The minimum Gasteiger partial charge on any atom is -0.456 e. The van der Waals surface area contributed by atoms with Crippen molar-refractivity contribution in [3.8, 4) is 22.8 Å². The first-order chi connectivity index (χ1) is 14.5. The van der Waals surface area contributed by atoms with Crippen molar-refractivity contribution in [2.75, 3.05) is 5.32 Å². The van der Waals surface area contributed by atoms with Gasteiger partial charge in [-0.2, -0.15) is 5.10 Å². The minimum absolute atomic E-state index is 0.0613. The minimum atomic E-state index is -0.580. The molecule has 0 radical (unpaired) electrons. The molecule has 1 amide bonds. The molecule has 0 saturated heterocycles. The summed E-state index contributed by atoms with van der Waals surface area (Å²) in [5.41, 5.74) is 1.07. The van der Waals surface area contributed by atoms with Gasteiger partial charge in [-0.25, -0.2) is 9.97 Å². The Balaban J connectivity index is 1.46. The molecule has 0 aliphatic carbocycles. The normalized spacial score (nSPS) is 10.6. The second kappa shape index (κ2) is 7.95. The van der Waals surface area contributed by atoms with Gasteiger partial charge in [0.1, 0.15) is 28.7 Å². The number of pyridine rings is 2. The highest BCUT2D eigenvalue weighted by atomic mass is 16.5. The monoisotopic (exact) mass is 403 g/mol. The summed E-state index contributed by atoms with van der Waals surface area (Å²) in [7, 11) is 1.56. The van der Waals surface area contributed by atoms with Crippen molar-refractivity contribution in [1.29, 1.82) is 0 Å². The molecule has 2 N–H and O–H groups in total. The molecule has 0 aliphatic rings. The highest BCUT2D eigenvalue weighted by molar-refractivity contribution is 6.03. The summed E-state index contributed by atoms with van der Waals surface area (Å²) in [6.07, 6.45) is 7.77. The molecule has 0 bridgehead atoms. The number of aromatic nitrogens is 6. The zero-order valence-corrected chi connectivity index (χ0v) is 16.2. The number of hydrogen-bond donors (Lipinski definition) is 2. The Kier molecular flexibility index (Phi) is 5.04. The van der Waals surface area contributed by atoms with Crippen LogP contribution in [-0.4, -0.2) is 35.6 Å². The van der Waals surface area contributed by atoms with E-state index in [1.165, 1.54) is 17.0 Å². The van der Waals surface area contributed by atoms with E-state index in [4.69, 9.17) is 4.74 Å². The largest absolute Gasteiger partial charge is 0.456 e. The Morgan fingerprint density at radius 1 is 1.10 bits per heavy atom. The summed E-state index contributed by atoms with van der Waals surface area (Å²) in [5, 5.41) is 9.23. The molecule has 10 heteroatoms. The van der Waals surface area contributed by atoms with Crippen LogP contribution >= 0.6 is 0 Å². The van der Waals surface area contributed by atoms with Crippen molar-refractivity contribution < 1.29 is 9.53 Å². The molecule has 10 nitrogen and oxygen atoms in total. The van der Waals surface area contributed by atoms with Gasteiger partial charge in [0, 0.05) is 37.3 Å². The Morgan fingerprint density at radius 2 is 1.97 bits per heavy atom. The van der Waals surface area contributed by atoms with Gasteiger partial charge in [-0.05, 0) is 25.1 Å². The number of hydrogen-bond acceptors (Lipinski definition) is 7. The van der Waals surface area contributed by atoms with Crippen LogP contribution < -0.4 is 15.6 Å². The average molecular weight is 403 g/mol. The van der Waals surface area contributed by atoms with Crippen molar-refractivity contribution in [3.63, 3.8) is 0 Å². The molecular formula is C20H17N7O3. The van der Waals surface area contributed by atoms with E-state index in [0.717, 1.165) is 5.56 Å². The van der Waals surface area contributed by atoms with E-state index in [0.29, 0.717) is 23.0 Å². The Labute approximate surface area is 170 Å². The number of amides is 1. The van der Waals surface area contributed by atoms with E-state index >= 15 is 0 Å². The number of aryl methyl sites for hydroxylation is 1. The van der Waals surface area contributed by atoms with Gasteiger partial charge < -0.3 is 10.1 Å². The molecule has 0 atom stereocenters. The van der Waals surface area contributed by atoms with Crippen molar-refractivity contribution in [2.45, 2.75) is 6.92 Å². The summed E-state index contributed by atoms with van der Waals surface area (Å²) in [4.78, 5) is 37.1. The fraction of sp³-hybridized carbons (Fsp3) is 0.100. The molecule has 0 saturated carbocycles. The SMILES string of the molecule is Cc1ncc(C(=O)Nc2ccc(Oc3ccnc(-c4cn[nH]c4)c3)cn2)c(=O)n1C. The van der Waals surface area contributed by atoms with Crippen molar-refractivity contribution >= 4 is 11.7 Å². The maximum absolute atomic E-state index is 12.4. The van der Waals surface area contributed by atoms with Gasteiger partial charge in [0.15, 0.2) is 0 Å². The quantitative estimate of drug-likeness (QED) is 0.523. The summed E-state index contributed by atoms with van der Waals surface area (Å²) >= 11 is 0. The maximum Gasteiger partial charge on any atom is 0.266 e. The number of carbonyl (C=O) groups excluding carboxylic acids is 1. The fourth-order valence-electron chi connectivity index (χ4n) is 2.64. The molecule has 4 aromatic rings. The third kappa shape index (κ3) is 3.92. The maximum atomic E-state index is 12.4. The lowest BCUT2D eigenvalue weighted by Crippen LogP contribution is -2.29. The van der Waals surface area contributed by atoms with Gasteiger partial charge in [0.05, 0.1) is 18.1 Å². The van der Waals surface area contributed by atoms with Gasteiger partial charge in [-0.3, -0.25) is 24.2 Å². The van der Waals surface area contributed by atoms with E-state index in [1.807, 2.05) is 0 Å². The first kappa shape index (κ1) is 19.0. The molecule has 4 heterocycles. The van der Waals surface area contributed by atoms with Gasteiger partial charge in [0.25, 0.3) is 11.5 Å². The molecule has 0 aromatic carbocycles. The van der Waals surface area contributed by atoms with Crippen LogP contribution in [0.4, 0.5) is 5.82 Å². The summed E-state index contributed by atoms with van der Waals surface area (Å²) in [5.74, 6) is 1.27. The van der Waals surface area contributed by atoms with E-state index in [2.05, 4.69) is 30.5 Å². The zero-order chi connectivity index (χ0) is 21.1. The number of rotatable bonds is 5. The van der Waals surface area contributed by atoms with Gasteiger partial charge in [-0.1, -0.05) is 0 Å². The summed E-state index contributed by atoms with van der Waals surface area (Å²) < 4.78 is 7.11. The van der Waals surface area contributed by atoms with Crippen molar-refractivity contribution in [3.05, 3.63) is 77.0 Å². The summed E-state index contributed by atoms with van der Waals surface area (Å²) in [6.45, 7) is 1.68. The number of anilines is 1. The van der Waals surface area contributed by atoms with E-state index in [-0.39, 0.29) is 11.4 Å². The average Bonchev–Trinajstić information content (AvgIpc) is 3.29. The Bertz CT molecular complexity index is 1250. The molecule has 0 aliphatic heterocycles. The third-order valence-corrected chi connectivity index (χ3v) is 4.38. The van der Waals surface area contributed by atoms with Crippen LogP contribution in [-0.2, 0) is 7.05 Å². The second-order valence-corrected chi connectivity index (χ2v) is 6.38. The standard InChI is InChI=1S/C20H17N7O3/c1-12-22-11-16(20(29)27(12)2)19(28)26-18-4-3-15(10-23-18)30-14-5-6-21-17(7-14)13-8-24-25-9-13/h3-11H,1-2H3,(H,24,25)(H,23,26,28). The van der Waals surface area contributed by atoms with Gasteiger partial charge in [-0.15, -0.1) is 0 Å². The first-order valence-corrected chi connectivity index (χ1v) is 8.94. The fourth-order valence-corrected chi connectivity index (χ4v) is 2.64. The number of nitrogens with zero attached hydrogens (tertiary/aromatic N) is 5. The third-order valence-electron chi connectivity index (χ3n) is 4.38. The van der Waals surface area contributed by atoms with Crippen molar-refractivity contribution in [2.24, 2.45) is 7.05 Å². The second-order valence-electron chi connectivity index (χ2n) is 6.38. The number of H-pyrrole nitrogens is 1. The van der Waals surface area contributed by atoms with E-state index in [9.17, 15) is 9.59 Å². The number of nitrogens with one attached hydrogen (secondary N) is 2. The zero-order valence-electron chi connectivity index (χ0n) is 16.2. The van der Waals surface area contributed by atoms with Crippen LogP contribution in [0.3, 0.4) is 0 Å². The van der Waals surface area contributed by atoms with Crippen LogP contribution in [0.25, 0.3) is 11.3 Å². The highest BCUT2D eigenvalue weighted by Gasteiger charge is 2.14. The van der Waals surface area contributed by atoms with Crippen LogP contribution in [0.2, 0.25) is 0 Å². The highest BCUT2D eigenvalue weighted by Crippen LogP contribution is 2.25. The molecular weight excluding hydrogens is 386 g/mol. The smallest absolute Gasteiger partial charge is 0.266 e. The Hall–Kier alpha value is -4.34. The number of aromatic amines is 1. The number of ether oxygens (including phenoxy) is 1. The number of carbonyl (C=O) groups is 1. The van der Waals surface area contributed by atoms with Crippen LogP contribution in [0.1, 0.15) is 16.2 Å². The van der Waals surface area contributed by atoms with Crippen LogP contribution in [0.15, 0.2) is 60.0 Å². The molecule has 30 heavy (non-hydrogen) atoms. The molecule has 0 unspecified atom stereocenters. The predicted octanol–water partition coefficient (Wildman–Crippen LogP) is 2.31. The molecule has 4 aromatic heterocycles. The lowest BCUT2D eigenvalue weighted by atomic mass is 10.2. The summed E-state index contributed by atoms with van der Waals surface area (Å²) in [6, 6.07) is 6.74.